The van der Waals surface area contributed by atoms with Crippen LogP contribution in [0.2, 0.25) is 0 Å². The van der Waals surface area contributed by atoms with Crippen LogP contribution in [0.5, 0.6) is 0 Å². The Morgan fingerprint density at radius 3 is 2.39 bits per heavy atom. The van der Waals surface area contributed by atoms with Gasteiger partial charge in [-0.05, 0) is 27.9 Å². The van der Waals surface area contributed by atoms with Crippen molar-refractivity contribution >= 4 is 29.6 Å². The molecule has 0 radical (unpaired) electrons. The zero-order valence-corrected chi connectivity index (χ0v) is 18.3. The lowest BCUT2D eigenvalue weighted by molar-refractivity contribution is -0.197. The van der Waals surface area contributed by atoms with Crippen LogP contribution in [0.1, 0.15) is 42.3 Å². The number of nitrogens with zero attached hydrogens (tertiary/aromatic N) is 3. The van der Waals surface area contributed by atoms with Gasteiger partial charge in [0.1, 0.15) is 0 Å². The molecule has 11 heteroatoms. The van der Waals surface area contributed by atoms with Crippen molar-refractivity contribution in [2.75, 3.05) is 46.8 Å². The molecule has 31 heavy (non-hydrogen) atoms. The highest BCUT2D eigenvalue weighted by atomic mass is 16.8. The van der Waals surface area contributed by atoms with Crippen molar-refractivity contribution in [2.24, 2.45) is 5.41 Å². The van der Waals surface area contributed by atoms with Gasteiger partial charge in [-0.1, -0.05) is 0 Å². The lowest BCUT2D eigenvalue weighted by Gasteiger charge is -2.45. The third-order valence-corrected chi connectivity index (χ3v) is 5.53. The Balaban J connectivity index is 1.71. The van der Waals surface area contributed by atoms with Crippen molar-refractivity contribution < 1.29 is 31.6 Å². The minimum absolute atomic E-state index is 0.00619. The maximum atomic E-state index is 12.8. The molecule has 2 aliphatic rings. The molecule has 2 saturated heterocycles. The number of rotatable bonds is 9. The Kier molecular flexibility index (Phi) is 7.47. The van der Waals surface area contributed by atoms with E-state index < -0.39 is 30.2 Å². The van der Waals surface area contributed by atoms with E-state index in [0.717, 1.165) is 6.54 Å². The van der Waals surface area contributed by atoms with Crippen molar-refractivity contribution in [1.29, 1.82) is 0 Å². The Labute approximate surface area is 185 Å². The molecule has 0 aromatic heterocycles. The molecule has 174 valence electrons. The number of likely N-dealkylation sites (N-methyl/N-ethyl adjacent to an activating group) is 2. The number of hydrogen-bond acceptors (Lipinski definition) is 8. The van der Waals surface area contributed by atoms with E-state index in [9.17, 15) is 24.0 Å². The highest BCUT2D eigenvalue weighted by Crippen LogP contribution is 2.27. The maximum Gasteiger partial charge on any atom is 0.334 e. The first-order valence-electron chi connectivity index (χ1n) is 11.5. The molecular formula is C20H33N5O6. The summed E-state index contributed by atoms with van der Waals surface area (Å²) in [5.74, 6) is -2.60. The summed E-state index contributed by atoms with van der Waals surface area (Å²) in [7, 11) is 1.93. The SMILES string of the molecule is [2H][13CH]([2H])N1[13CH2][13CH2]N([13CH3])CC1C(C)(C)C(=O)NCCC(=O)[15NH]CC[13C](=O)ON1C(=O)CCC1=O. The molecule has 4 amide bonds. The first kappa shape index (κ1) is 21.7. The molecule has 0 saturated carbocycles. The number of hydrogen-bond donors (Lipinski definition) is 2. The first-order valence-corrected chi connectivity index (χ1v) is 10.3. The zero-order valence-electron chi connectivity index (χ0n) is 20.3. The summed E-state index contributed by atoms with van der Waals surface area (Å²) in [5.41, 5.74) is -0.875. The van der Waals surface area contributed by atoms with Gasteiger partial charge < -0.3 is 20.4 Å². The summed E-state index contributed by atoms with van der Waals surface area (Å²) < 4.78 is 15.6. The van der Waals surface area contributed by atoms with Gasteiger partial charge >= 0.3 is 5.97 Å². The minimum atomic E-state index is -1.17. The summed E-state index contributed by atoms with van der Waals surface area (Å²) in [4.78, 5) is 67.8. The molecule has 1 atom stereocenters. The highest BCUT2D eigenvalue weighted by molar-refractivity contribution is 6.01. The molecule has 2 fully saturated rings. The van der Waals surface area contributed by atoms with E-state index in [1.165, 1.54) is 0 Å². The average Bonchev–Trinajstić information content (AvgIpc) is 3.05. The summed E-state index contributed by atoms with van der Waals surface area (Å²) in [6.45, 7) is 4.22. The summed E-state index contributed by atoms with van der Waals surface area (Å²) in [6.07, 6.45) is -0.205. The molecule has 0 bridgehead atoms. The van der Waals surface area contributed by atoms with E-state index in [0.29, 0.717) is 18.2 Å². The molecular weight excluding hydrogens is 412 g/mol. The van der Waals surface area contributed by atoms with E-state index in [1.54, 1.807) is 18.7 Å². The Hall–Kier alpha value is -2.53. The second kappa shape index (κ2) is 10.7. The predicted octanol–water partition coefficient (Wildman–Crippen LogP) is -1.12. The monoisotopic (exact) mass is 447 g/mol. The molecule has 1 unspecified atom stereocenters. The van der Waals surface area contributed by atoms with Crippen LogP contribution in [-0.2, 0) is 28.8 Å². The number of piperazine rings is 1. The normalized spacial score (nSPS) is 21.7. The number of hydroxylamine groups is 2. The Morgan fingerprint density at radius 1 is 1.10 bits per heavy atom. The molecule has 2 heterocycles. The summed E-state index contributed by atoms with van der Waals surface area (Å²) >= 11 is 0. The molecule has 2 rings (SSSR count). The van der Waals surface area contributed by atoms with Gasteiger partial charge in [0.05, 0.1) is 11.8 Å². The van der Waals surface area contributed by atoms with Crippen LogP contribution in [0.3, 0.4) is 0 Å². The maximum absolute atomic E-state index is 12.8. The van der Waals surface area contributed by atoms with Crippen LogP contribution in [0.4, 0.5) is 0 Å². The smallest absolute Gasteiger partial charge is 0.334 e. The second-order valence-corrected chi connectivity index (χ2v) is 8.39. The lowest BCUT2D eigenvalue weighted by Crippen LogP contribution is -2.60. The van der Waals surface area contributed by atoms with Gasteiger partial charge in [0.25, 0.3) is 11.8 Å². The number of carbonyl (C=O) groups is 5. The topological polar surface area (TPSA) is 128 Å². The van der Waals surface area contributed by atoms with Gasteiger partial charge in [-0.15, -0.1) is 5.06 Å². The van der Waals surface area contributed by atoms with Crippen LogP contribution in [0, 0.1) is 5.41 Å². The second-order valence-electron chi connectivity index (χ2n) is 8.39. The third-order valence-electron chi connectivity index (χ3n) is 5.53. The van der Waals surface area contributed by atoms with E-state index in [-0.39, 0.29) is 56.6 Å². The van der Waals surface area contributed by atoms with E-state index >= 15 is 0 Å². The van der Waals surface area contributed by atoms with Gasteiger partial charge in [0, 0.05) is 60.8 Å². The molecule has 2 aliphatic heterocycles. The van der Waals surface area contributed by atoms with Crippen LogP contribution < -0.4 is 10.6 Å². The predicted molar refractivity (Wildman–Crippen MR) is 110 cm³/mol. The lowest BCUT2D eigenvalue weighted by atomic mass is 9.82. The Bertz CT molecular complexity index is 762. The number of carbonyl (C=O) groups excluding carboxylic acids is 5. The molecule has 0 spiro atoms. The highest BCUT2D eigenvalue weighted by Gasteiger charge is 2.41. The van der Waals surface area contributed by atoms with Gasteiger partial charge in [-0.25, -0.2) is 4.79 Å². The van der Waals surface area contributed by atoms with Crippen LogP contribution in [0.15, 0.2) is 0 Å². The number of imide groups is 1. The zero-order chi connectivity index (χ0) is 24.8. The minimum Gasteiger partial charge on any atom is -0.355 e. The van der Waals surface area contributed by atoms with Crippen molar-refractivity contribution in [3.8, 4) is 0 Å². The van der Waals surface area contributed by atoms with Crippen molar-refractivity contribution in [3.63, 3.8) is 0 Å². The molecule has 0 aromatic carbocycles. The molecule has 0 aliphatic carbocycles. The fourth-order valence-electron chi connectivity index (χ4n) is 3.44. The van der Waals surface area contributed by atoms with Crippen molar-refractivity contribution in [1.82, 2.24) is 25.5 Å². The standard InChI is InChI=1S/C20H33N5O6/c1-20(2,14-13-23(3)11-12-24(14)4)19(30)22-9-7-15(26)21-10-8-18(29)31-25-16(27)5-6-17(25)28/h14H,5-13H2,1-4H3,(H,21,26)(H,22,30)/i3+1,4+1D2,11+1,12+1,18+1,21+1. The van der Waals surface area contributed by atoms with E-state index in [4.69, 9.17) is 7.58 Å². The number of nitrogens with one attached hydrogen (secondary N) is 2. The van der Waals surface area contributed by atoms with Gasteiger partial charge in [-0.3, -0.25) is 24.1 Å². The number of amides is 4. The average molecular weight is 447 g/mol. The fraction of sp³-hybridized carbons (Fsp3) is 0.750. The summed E-state index contributed by atoms with van der Waals surface area (Å²) in [6, 6.07) is -0.314. The first-order chi connectivity index (χ1) is 15.4. The van der Waals surface area contributed by atoms with Crippen LogP contribution in [0.25, 0.3) is 0 Å². The Morgan fingerprint density at radius 2 is 1.74 bits per heavy atom. The molecule has 11 nitrogen and oxygen atoms in total. The van der Waals surface area contributed by atoms with Gasteiger partial charge in [0.15, 0.2) is 0 Å². The van der Waals surface area contributed by atoms with Crippen LogP contribution >= 0.6 is 0 Å². The van der Waals surface area contributed by atoms with Crippen molar-refractivity contribution in [2.45, 2.75) is 45.6 Å². The van der Waals surface area contributed by atoms with Crippen molar-refractivity contribution in [3.05, 3.63) is 0 Å². The quantitative estimate of drug-likeness (QED) is 0.258. The summed E-state index contributed by atoms with van der Waals surface area (Å²) in [5, 5.41) is 5.72. The van der Waals surface area contributed by atoms with Gasteiger partial charge in [-0.2, -0.15) is 0 Å². The third kappa shape index (κ3) is 6.73. The molecule has 2 N–H and O–H groups in total. The van der Waals surface area contributed by atoms with E-state index in [1.807, 2.05) is 7.05 Å². The van der Waals surface area contributed by atoms with Gasteiger partial charge in [0.2, 0.25) is 11.8 Å². The largest absolute Gasteiger partial charge is 0.355 e. The molecule has 0 aromatic rings. The fourth-order valence-corrected chi connectivity index (χ4v) is 3.44. The van der Waals surface area contributed by atoms with Crippen LogP contribution in [-0.4, -0.2) is 97.3 Å². The van der Waals surface area contributed by atoms with E-state index in [2.05, 4.69) is 15.5 Å².